The van der Waals surface area contributed by atoms with Gasteiger partial charge in [0, 0.05) is 13.6 Å². The summed E-state index contributed by atoms with van der Waals surface area (Å²) in [5.74, 6) is 1.35. The molecule has 27 heavy (non-hydrogen) atoms. The average molecular weight is 375 g/mol. The fourth-order valence-corrected chi connectivity index (χ4v) is 3.01. The number of nitrogens with zero attached hydrogens (tertiary/aromatic N) is 1. The molecule has 1 aliphatic heterocycles. The van der Waals surface area contributed by atoms with E-state index >= 15 is 0 Å². The molecule has 1 aromatic rings. The van der Waals surface area contributed by atoms with E-state index in [1.165, 1.54) is 18.4 Å². The third-order valence-corrected chi connectivity index (χ3v) is 5.00. The second kappa shape index (κ2) is 9.74. The second-order valence-electron chi connectivity index (χ2n) is 7.25. The maximum Gasteiger partial charge on any atom is 0.191 e. The number of halogens is 1. The Balaban J connectivity index is 1.47. The fourth-order valence-electron chi connectivity index (χ4n) is 3.01. The first kappa shape index (κ1) is 19.7. The number of ether oxygens (including phenoxy) is 2. The molecule has 2 aliphatic rings. The number of nitrogens with one attached hydrogen (secondary N) is 2. The first-order valence-electron chi connectivity index (χ1n) is 9.81. The average Bonchev–Trinajstić information content (AvgIpc) is 3.51. The number of benzene rings is 1. The van der Waals surface area contributed by atoms with Crippen molar-refractivity contribution in [3.63, 3.8) is 0 Å². The summed E-state index contributed by atoms with van der Waals surface area (Å²) in [6.07, 6.45) is 6.51. The van der Waals surface area contributed by atoms with Crippen molar-refractivity contribution in [1.29, 1.82) is 0 Å². The van der Waals surface area contributed by atoms with Crippen LogP contribution in [0.25, 0.3) is 0 Å². The Kier molecular flexibility index (Phi) is 7.10. The van der Waals surface area contributed by atoms with E-state index in [9.17, 15) is 4.39 Å². The molecule has 0 spiro atoms. The molecule has 0 amide bonds. The summed E-state index contributed by atoms with van der Waals surface area (Å²) in [4.78, 5) is 4.26. The van der Waals surface area contributed by atoms with Crippen molar-refractivity contribution >= 4 is 5.96 Å². The molecule has 1 heterocycles. The van der Waals surface area contributed by atoms with Gasteiger partial charge in [-0.25, -0.2) is 4.39 Å². The first-order chi connectivity index (χ1) is 13.2. The maximum atomic E-state index is 14.3. The summed E-state index contributed by atoms with van der Waals surface area (Å²) in [7, 11) is 1.74. The smallest absolute Gasteiger partial charge is 0.191 e. The van der Waals surface area contributed by atoms with Crippen LogP contribution in [0.2, 0.25) is 0 Å². The summed E-state index contributed by atoms with van der Waals surface area (Å²) in [5, 5.41) is 6.64. The Morgan fingerprint density at radius 2 is 2.26 bits per heavy atom. The number of aliphatic imine (C=N–C) groups is 1. The Morgan fingerprint density at radius 3 is 2.93 bits per heavy atom. The van der Waals surface area contributed by atoms with Gasteiger partial charge in [-0.1, -0.05) is 17.7 Å². The van der Waals surface area contributed by atoms with Gasteiger partial charge in [-0.05, 0) is 56.2 Å². The zero-order chi connectivity index (χ0) is 19.1. The van der Waals surface area contributed by atoms with Gasteiger partial charge in [0.05, 0.1) is 25.9 Å². The molecule has 148 valence electrons. The van der Waals surface area contributed by atoms with Gasteiger partial charge in [0.2, 0.25) is 0 Å². The maximum absolute atomic E-state index is 14.3. The molecule has 0 saturated heterocycles. The van der Waals surface area contributed by atoms with Crippen LogP contribution < -0.4 is 15.4 Å². The highest BCUT2D eigenvalue weighted by Crippen LogP contribution is 2.30. The molecule has 1 saturated carbocycles. The molecule has 6 heteroatoms. The molecular weight excluding hydrogens is 345 g/mol. The van der Waals surface area contributed by atoms with Crippen LogP contribution >= 0.6 is 0 Å². The highest BCUT2D eigenvalue weighted by atomic mass is 19.1. The zero-order valence-corrected chi connectivity index (χ0v) is 16.3. The monoisotopic (exact) mass is 375 g/mol. The van der Waals surface area contributed by atoms with E-state index in [1.807, 2.05) is 13.0 Å². The molecule has 1 atom stereocenters. The van der Waals surface area contributed by atoms with Gasteiger partial charge >= 0.3 is 0 Å². The summed E-state index contributed by atoms with van der Waals surface area (Å²) < 4.78 is 25.2. The normalized spacial score (nSPS) is 18.6. The van der Waals surface area contributed by atoms with Crippen molar-refractivity contribution in [1.82, 2.24) is 10.6 Å². The minimum absolute atomic E-state index is 0.0644. The predicted octanol–water partition coefficient (Wildman–Crippen LogP) is 3.58. The predicted molar refractivity (Wildman–Crippen MR) is 106 cm³/mol. The van der Waals surface area contributed by atoms with Crippen LogP contribution in [0.3, 0.4) is 0 Å². The van der Waals surface area contributed by atoms with E-state index in [2.05, 4.69) is 21.7 Å². The first-order valence-corrected chi connectivity index (χ1v) is 9.81. The Morgan fingerprint density at radius 1 is 1.41 bits per heavy atom. The van der Waals surface area contributed by atoms with Crippen LogP contribution in [-0.4, -0.2) is 39.4 Å². The molecule has 1 unspecified atom stereocenters. The van der Waals surface area contributed by atoms with Gasteiger partial charge in [0.15, 0.2) is 17.5 Å². The third kappa shape index (κ3) is 6.24. The summed E-state index contributed by atoms with van der Waals surface area (Å²) in [5.41, 5.74) is 2.28. The molecule has 1 aromatic carbocycles. The van der Waals surface area contributed by atoms with Crippen molar-refractivity contribution in [2.24, 2.45) is 10.9 Å². The SMILES string of the molecule is CN=C(NCCC1=CCOCC1)NC(C)c1ccc(OCC2CC2)c(F)c1. The van der Waals surface area contributed by atoms with E-state index in [0.29, 0.717) is 30.8 Å². The van der Waals surface area contributed by atoms with Crippen molar-refractivity contribution in [3.8, 4) is 5.75 Å². The standard InChI is InChI=1S/C21H30FN3O2/c1-15(18-5-6-20(19(22)13-18)27-14-17-3-4-17)25-21(23-2)24-10-7-16-8-11-26-12-9-16/h5-6,8,13,15,17H,3-4,7,9-12,14H2,1-2H3,(H2,23,24,25). The van der Waals surface area contributed by atoms with Crippen molar-refractivity contribution in [3.05, 3.63) is 41.2 Å². The minimum atomic E-state index is -0.309. The molecule has 1 fully saturated rings. The minimum Gasteiger partial charge on any atom is -0.490 e. The van der Waals surface area contributed by atoms with E-state index in [0.717, 1.165) is 31.6 Å². The summed E-state index contributed by atoms with van der Waals surface area (Å²) >= 11 is 0. The zero-order valence-electron chi connectivity index (χ0n) is 16.3. The molecule has 0 aromatic heterocycles. The second-order valence-corrected chi connectivity index (χ2v) is 7.25. The van der Waals surface area contributed by atoms with Gasteiger partial charge in [-0.3, -0.25) is 4.99 Å². The lowest BCUT2D eigenvalue weighted by Crippen LogP contribution is -2.39. The quantitative estimate of drug-likeness (QED) is 0.414. The van der Waals surface area contributed by atoms with E-state index in [4.69, 9.17) is 9.47 Å². The van der Waals surface area contributed by atoms with Crippen LogP contribution in [0.1, 0.15) is 44.2 Å². The lowest BCUT2D eigenvalue weighted by molar-refractivity contribution is 0.153. The Bertz CT molecular complexity index is 686. The fraction of sp³-hybridized carbons (Fsp3) is 0.571. The van der Waals surface area contributed by atoms with Crippen LogP contribution in [-0.2, 0) is 4.74 Å². The number of hydrogen-bond donors (Lipinski definition) is 2. The van der Waals surface area contributed by atoms with Crippen LogP contribution in [0.5, 0.6) is 5.75 Å². The topological polar surface area (TPSA) is 54.9 Å². The molecule has 1 aliphatic carbocycles. The van der Waals surface area contributed by atoms with Crippen LogP contribution in [0.4, 0.5) is 4.39 Å². The van der Waals surface area contributed by atoms with Gasteiger partial charge in [0.1, 0.15) is 0 Å². The highest BCUT2D eigenvalue weighted by Gasteiger charge is 2.22. The summed E-state index contributed by atoms with van der Waals surface area (Å²) in [6, 6.07) is 5.10. The van der Waals surface area contributed by atoms with E-state index < -0.39 is 0 Å². The molecule has 0 bridgehead atoms. The van der Waals surface area contributed by atoms with Crippen LogP contribution in [0, 0.1) is 11.7 Å². The van der Waals surface area contributed by atoms with Crippen molar-refractivity contribution in [2.75, 3.05) is 33.4 Å². The largest absolute Gasteiger partial charge is 0.490 e. The van der Waals surface area contributed by atoms with E-state index in [-0.39, 0.29) is 11.9 Å². The van der Waals surface area contributed by atoms with Gasteiger partial charge < -0.3 is 20.1 Å². The number of rotatable bonds is 8. The molecular formula is C21H30FN3O2. The lowest BCUT2D eigenvalue weighted by Gasteiger charge is -2.20. The summed E-state index contributed by atoms with van der Waals surface area (Å²) in [6.45, 7) is 4.93. The number of guanidine groups is 1. The highest BCUT2D eigenvalue weighted by molar-refractivity contribution is 5.80. The Labute approximate surface area is 161 Å². The van der Waals surface area contributed by atoms with Crippen LogP contribution in [0.15, 0.2) is 34.8 Å². The molecule has 5 nitrogen and oxygen atoms in total. The molecule has 0 radical (unpaired) electrons. The van der Waals surface area contributed by atoms with Gasteiger partial charge in [0.25, 0.3) is 0 Å². The van der Waals surface area contributed by atoms with Crippen molar-refractivity contribution < 1.29 is 13.9 Å². The van der Waals surface area contributed by atoms with Gasteiger partial charge in [-0.2, -0.15) is 0 Å². The molecule has 2 N–H and O–H groups in total. The van der Waals surface area contributed by atoms with Crippen molar-refractivity contribution in [2.45, 2.75) is 38.6 Å². The third-order valence-electron chi connectivity index (χ3n) is 5.00. The number of hydrogen-bond acceptors (Lipinski definition) is 3. The lowest BCUT2D eigenvalue weighted by atomic mass is 10.1. The van der Waals surface area contributed by atoms with Gasteiger partial charge in [-0.15, -0.1) is 0 Å². The van der Waals surface area contributed by atoms with E-state index in [1.54, 1.807) is 19.2 Å². The Hall–Kier alpha value is -2.08. The molecule has 3 rings (SSSR count).